The van der Waals surface area contributed by atoms with Gasteiger partial charge in [0.25, 0.3) is 0 Å². The first-order valence-corrected chi connectivity index (χ1v) is 14.5. The first-order valence-electron chi connectivity index (χ1n) is 14.5. The average Bonchev–Trinajstić information content (AvgIpc) is 3.08. The Morgan fingerprint density at radius 2 is 1.26 bits per heavy atom. The minimum atomic E-state index is -0.00372. The third kappa shape index (κ3) is 4.36. The fraction of sp³-hybridized carbons (Fsp3) is 0.0513. The Bertz CT molecular complexity index is 2160. The van der Waals surface area contributed by atoms with Crippen LogP contribution in [0.4, 0.5) is 5.69 Å². The van der Waals surface area contributed by atoms with Crippen LogP contribution in [0.3, 0.4) is 0 Å². The molecule has 7 aromatic rings. The molecule has 0 bridgehead atoms. The highest BCUT2D eigenvalue weighted by atomic mass is 15.2. The predicted molar refractivity (Wildman–Crippen MR) is 177 cm³/mol. The summed E-state index contributed by atoms with van der Waals surface area (Å²) in [6.07, 6.45) is 5.62. The van der Waals surface area contributed by atoms with E-state index in [2.05, 4.69) is 138 Å². The van der Waals surface area contributed by atoms with Crippen LogP contribution < -0.4 is 0 Å². The van der Waals surface area contributed by atoms with Gasteiger partial charge in [0.1, 0.15) is 5.84 Å². The molecule has 2 aromatic heterocycles. The second-order valence-corrected chi connectivity index (χ2v) is 11.0. The van der Waals surface area contributed by atoms with Gasteiger partial charge in [-0.3, -0.25) is 9.97 Å². The van der Waals surface area contributed by atoms with Crippen LogP contribution in [0.5, 0.6) is 0 Å². The van der Waals surface area contributed by atoms with Gasteiger partial charge in [-0.25, -0.2) is 4.99 Å². The molecule has 4 nitrogen and oxygen atoms in total. The average molecular weight is 553 g/mol. The summed E-state index contributed by atoms with van der Waals surface area (Å²) in [5.41, 5.74) is 8.62. The topological polar surface area (TPSA) is 41.4 Å². The third-order valence-corrected chi connectivity index (χ3v) is 8.43. The lowest BCUT2D eigenvalue weighted by molar-refractivity contribution is 0.424. The van der Waals surface area contributed by atoms with Crippen LogP contribution in [0, 0.1) is 0 Å². The molecular formula is C39H28N4. The number of hydrogen-bond acceptors (Lipinski definition) is 4. The molecule has 1 aliphatic rings. The van der Waals surface area contributed by atoms with Gasteiger partial charge in [0.2, 0.25) is 0 Å². The SMILES string of the molecule is CN1C(c2cc(-c3cccnc3)cc(-c3nccc4ccccc34)c2)=Nc2ccccc2C1c1cccc2ccccc12. The van der Waals surface area contributed by atoms with Gasteiger partial charge in [-0.2, -0.15) is 0 Å². The van der Waals surface area contributed by atoms with Crippen LogP contribution in [0.1, 0.15) is 22.7 Å². The maximum Gasteiger partial charge on any atom is 0.137 e. The van der Waals surface area contributed by atoms with Gasteiger partial charge in [0.15, 0.2) is 0 Å². The summed E-state index contributed by atoms with van der Waals surface area (Å²) in [5.74, 6) is 0.920. The van der Waals surface area contributed by atoms with Gasteiger partial charge >= 0.3 is 0 Å². The molecule has 0 aliphatic carbocycles. The molecule has 0 spiro atoms. The van der Waals surface area contributed by atoms with Crippen molar-refractivity contribution in [2.24, 2.45) is 4.99 Å². The highest BCUT2D eigenvalue weighted by Gasteiger charge is 2.31. The third-order valence-electron chi connectivity index (χ3n) is 8.43. The normalized spacial score (nSPS) is 14.5. The number of pyridine rings is 2. The molecule has 4 heteroatoms. The highest BCUT2D eigenvalue weighted by Crippen LogP contribution is 2.42. The maximum atomic E-state index is 5.29. The fourth-order valence-electron chi connectivity index (χ4n) is 6.42. The van der Waals surface area contributed by atoms with Crippen LogP contribution in [0.25, 0.3) is 43.9 Å². The van der Waals surface area contributed by atoms with Crippen molar-refractivity contribution in [2.45, 2.75) is 6.04 Å². The maximum absolute atomic E-state index is 5.29. The van der Waals surface area contributed by atoms with E-state index in [4.69, 9.17) is 9.98 Å². The summed E-state index contributed by atoms with van der Waals surface area (Å²) in [6, 6.07) is 45.0. The summed E-state index contributed by atoms with van der Waals surface area (Å²) in [6.45, 7) is 0. The van der Waals surface area contributed by atoms with Gasteiger partial charge in [-0.1, -0.05) is 91.0 Å². The molecule has 0 saturated carbocycles. The summed E-state index contributed by atoms with van der Waals surface area (Å²) >= 11 is 0. The lowest BCUT2D eigenvalue weighted by atomic mass is 9.89. The van der Waals surface area contributed by atoms with E-state index in [9.17, 15) is 0 Å². The second-order valence-electron chi connectivity index (χ2n) is 11.0. The van der Waals surface area contributed by atoms with Crippen LogP contribution >= 0.6 is 0 Å². The van der Waals surface area contributed by atoms with Gasteiger partial charge < -0.3 is 4.90 Å². The van der Waals surface area contributed by atoms with E-state index in [1.54, 1.807) is 0 Å². The van der Waals surface area contributed by atoms with Gasteiger partial charge in [0, 0.05) is 53.3 Å². The number of amidine groups is 1. The Balaban J connectivity index is 1.36. The Labute approximate surface area is 250 Å². The molecule has 43 heavy (non-hydrogen) atoms. The van der Waals surface area contributed by atoms with E-state index in [-0.39, 0.29) is 6.04 Å². The van der Waals surface area contributed by atoms with E-state index in [0.29, 0.717) is 0 Å². The Morgan fingerprint density at radius 3 is 2.12 bits per heavy atom. The summed E-state index contributed by atoms with van der Waals surface area (Å²) in [5, 5.41) is 4.77. The van der Waals surface area contributed by atoms with Crippen LogP contribution in [0.2, 0.25) is 0 Å². The molecule has 0 fully saturated rings. The van der Waals surface area contributed by atoms with Gasteiger partial charge in [-0.15, -0.1) is 0 Å². The molecule has 0 radical (unpaired) electrons. The van der Waals surface area contributed by atoms with Crippen LogP contribution in [0.15, 0.2) is 151 Å². The van der Waals surface area contributed by atoms with Crippen molar-refractivity contribution < 1.29 is 0 Å². The zero-order chi connectivity index (χ0) is 28.8. The van der Waals surface area contributed by atoms with Gasteiger partial charge in [-0.05, 0) is 63.7 Å². The molecule has 0 saturated heterocycles. The minimum absolute atomic E-state index is 0.00372. The first-order chi connectivity index (χ1) is 21.2. The molecule has 3 heterocycles. The quantitative estimate of drug-likeness (QED) is 0.219. The fourth-order valence-corrected chi connectivity index (χ4v) is 6.42. The van der Waals surface area contributed by atoms with E-state index in [1.165, 1.54) is 21.9 Å². The number of aromatic nitrogens is 2. The molecule has 0 amide bonds. The Kier molecular flexibility index (Phi) is 6.04. The zero-order valence-electron chi connectivity index (χ0n) is 23.7. The second kappa shape index (κ2) is 10.3. The van der Waals surface area contributed by atoms with Crippen LogP contribution in [-0.4, -0.2) is 27.8 Å². The summed E-state index contributed by atoms with van der Waals surface area (Å²) in [7, 11) is 2.16. The van der Waals surface area contributed by atoms with Crippen molar-refractivity contribution in [3.05, 3.63) is 163 Å². The number of para-hydroxylation sites is 1. The van der Waals surface area contributed by atoms with Crippen molar-refractivity contribution >= 4 is 33.1 Å². The molecule has 1 aliphatic heterocycles. The number of rotatable bonds is 4. The molecule has 1 unspecified atom stereocenters. The number of nitrogens with zero attached hydrogens (tertiary/aromatic N) is 4. The minimum Gasteiger partial charge on any atom is -0.348 e. The van der Waals surface area contributed by atoms with E-state index in [1.807, 2.05) is 24.7 Å². The lowest BCUT2D eigenvalue weighted by Crippen LogP contribution is -2.35. The molecule has 5 aromatic carbocycles. The largest absolute Gasteiger partial charge is 0.348 e. The summed E-state index contributed by atoms with van der Waals surface area (Å²) < 4.78 is 0. The van der Waals surface area contributed by atoms with E-state index < -0.39 is 0 Å². The van der Waals surface area contributed by atoms with Gasteiger partial charge in [0.05, 0.1) is 17.4 Å². The molecular weight excluding hydrogens is 524 g/mol. The number of fused-ring (bicyclic) bond motifs is 3. The zero-order valence-corrected chi connectivity index (χ0v) is 23.7. The Hall–Kier alpha value is -5.61. The summed E-state index contributed by atoms with van der Waals surface area (Å²) in [4.78, 5) is 16.9. The highest BCUT2D eigenvalue weighted by molar-refractivity contribution is 6.05. The molecule has 0 N–H and O–H groups in total. The molecule has 1 atom stereocenters. The first kappa shape index (κ1) is 25.1. The Morgan fingerprint density at radius 1 is 0.558 bits per heavy atom. The van der Waals surface area contributed by atoms with E-state index >= 15 is 0 Å². The van der Waals surface area contributed by atoms with Crippen LogP contribution in [-0.2, 0) is 0 Å². The molecule has 8 rings (SSSR count). The molecule has 204 valence electrons. The smallest absolute Gasteiger partial charge is 0.137 e. The van der Waals surface area contributed by atoms with Crippen molar-refractivity contribution in [3.63, 3.8) is 0 Å². The standard InChI is InChI=1S/C39H28N4/c1-43-38(34-17-8-12-26-10-2-4-14-32(26)34)35-16-6-7-18-36(35)42-39(43)31-23-29(28-13-9-20-40-25-28)22-30(24-31)37-33-15-5-3-11-27(33)19-21-41-37/h2-25,38H,1H3. The number of benzene rings is 5. The van der Waals surface area contributed by atoms with Crippen molar-refractivity contribution in [2.75, 3.05) is 7.05 Å². The number of aliphatic imine (C=N–C) groups is 1. The van der Waals surface area contributed by atoms with Crippen molar-refractivity contribution in [1.82, 2.24) is 14.9 Å². The van der Waals surface area contributed by atoms with E-state index in [0.717, 1.165) is 50.2 Å². The predicted octanol–water partition coefficient (Wildman–Crippen LogP) is 9.23. The van der Waals surface area contributed by atoms with Crippen molar-refractivity contribution in [1.29, 1.82) is 0 Å². The lowest BCUT2D eigenvalue weighted by Gasteiger charge is -2.37. The van der Waals surface area contributed by atoms with Crippen molar-refractivity contribution in [3.8, 4) is 22.4 Å². The monoisotopic (exact) mass is 552 g/mol. The number of hydrogen-bond donors (Lipinski definition) is 0.